The molecule has 28 heavy (non-hydrogen) atoms. The monoisotopic (exact) mass is 443 g/mol. The van der Waals surface area contributed by atoms with Crippen molar-refractivity contribution >= 4 is 83.5 Å². The van der Waals surface area contributed by atoms with Crippen molar-refractivity contribution in [3.05, 3.63) is 64.6 Å². The van der Waals surface area contributed by atoms with E-state index in [0.717, 1.165) is 0 Å². The number of rotatable bonds is 0. The van der Waals surface area contributed by atoms with E-state index in [4.69, 9.17) is 0 Å². The predicted molar refractivity (Wildman–Crippen MR) is 125 cm³/mol. The molecule has 0 unspecified atom stereocenters. The fourth-order valence-corrected chi connectivity index (χ4v) is 8.55. The van der Waals surface area contributed by atoms with Crippen LogP contribution in [0.1, 0.15) is 16.4 Å². The van der Waals surface area contributed by atoms with Gasteiger partial charge in [0.25, 0.3) is 0 Å². The summed E-state index contributed by atoms with van der Waals surface area (Å²) in [7, 11) is 2.23. The van der Waals surface area contributed by atoms with Crippen molar-refractivity contribution < 1.29 is 0 Å². The Morgan fingerprint density at radius 1 is 0.857 bits per heavy atom. The van der Waals surface area contributed by atoms with Gasteiger partial charge < -0.3 is 0 Å². The molecule has 3 aromatic carbocycles. The molecule has 0 saturated carbocycles. The first-order chi connectivity index (χ1) is 13.8. The number of nitrogens with zero attached hydrogens (tertiary/aromatic N) is 1. The van der Waals surface area contributed by atoms with Crippen LogP contribution in [0.5, 0.6) is 0 Å². The van der Waals surface area contributed by atoms with Gasteiger partial charge in [0.15, 0.2) is 0 Å². The Morgan fingerprint density at radius 3 is 2.61 bits per heavy atom. The second kappa shape index (κ2) is 5.39. The van der Waals surface area contributed by atoms with Crippen molar-refractivity contribution in [1.29, 1.82) is 0 Å². The maximum absolute atomic E-state index is 2.48. The van der Waals surface area contributed by atoms with Crippen molar-refractivity contribution in [3.63, 3.8) is 0 Å². The number of aryl methyl sites for hydroxylation is 2. The second-order valence-corrected chi connectivity index (χ2v) is 11.2. The molecule has 0 spiro atoms. The Morgan fingerprint density at radius 2 is 1.68 bits per heavy atom. The van der Waals surface area contributed by atoms with Crippen molar-refractivity contribution in [2.45, 2.75) is 12.8 Å². The van der Waals surface area contributed by atoms with Gasteiger partial charge in [-0.3, -0.25) is 0 Å². The zero-order valence-corrected chi connectivity index (χ0v) is 18.0. The summed E-state index contributed by atoms with van der Waals surface area (Å²) in [5.74, 6) is 0. The van der Waals surface area contributed by atoms with Gasteiger partial charge in [0.2, 0.25) is 0 Å². The van der Waals surface area contributed by atoms with Crippen LogP contribution in [0.2, 0.25) is 0 Å². The normalized spacial score (nSPS) is 14.2. The van der Waals surface area contributed by atoms with Crippen molar-refractivity contribution in [2.75, 3.05) is 0 Å². The fourth-order valence-electron chi connectivity index (χ4n) is 4.86. The SMILES string of the molecule is Cn1c2cc3sc4ccccc4c3cc2c2cc3c4c([se]c3cc21)CCC=C4. The second-order valence-electron chi connectivity index (χ2n) is 7.77. The van der Waals surface area contributed by atoms with Crippen LogP contribution in [0, 0.1) is 0 Å². The van der Waals surface area contributed by atoms with Crippen LogP contribution < -0.4 is 0 Å². The molecule has 1 aliphatic rings. The Kier molecular flexibility index (Phi) is 3.00. The van der Waals surface area contributed by atoms with Gasteiger partial charge in [0, 0.05) is 0 Å². The molecule has 0 fully saturated rings. The van der Waals surface area contributed by atoms with Crippen LogP contribution in [0.4, 0.5) is 0 Å². The van der Waals surface area contributed by atoms with Crippen LogP contribution in [-0.2, 0) is 13.5 Å². The molecule has 0 radical (unpaired) electrons. The predicted octanol–water partition coefficient (Wildman–Crippen LogP) is 6.87. The molecule has 0 N–H and O–H groups in total. The number of allylic oxidation sites excluding steroid dienone is 1. The van der Waals surface area contributed by atoms with Gasteiger partial charge in [-0.1, -0.05) is 0 Å². The van der Waals surface area contributed by atoms with Crippen LogP contribution in [0.25, 0.3) is 57.7 Å². The van der Waals surface area contributed by atoms with E-state index in [1.54, 1.807) is 8.70 Å². The average Bonchev–Trinajstić information content (AvgIpc) is 3.35. The topological polar surface area (TPSA) is 4.93 Å². The number of benzene rings is 3. The van der Waals surface area contributed by atoms with Crippen LogP contribution in [-0.4, -0.2) is 19.1 Å². The third kappa shape index (κ3) is 1.92. The Labute approximate surface area is 172 Å². The Bertz CT molecular complexity index is 1620. The summed E-state index contributed by atoms with van der Waals surface area (Å²) in [5, 5.41) is 7.05. The van der Waals surface area contributed by atoms with Gasteiger partial charge >= 0.3 is 173 Å². The first-order valence-corrected chi connectivity index (χ1v) is 12.3. The molecule has 0 bridgehead atoms. The van der Waals surface area contributed by atoms with Gasteiger partial charge in [0.1, 0.15) is 0 Å². The third-order valence-electron chi connectivity index (χ3n) is 6.25. The first kappa shape index (κ1) is 15.6. The van der Waals surface area contributed by atoms with Crippen LogP contribution in [0.3, 0.4) is 0 Å². The molecule has 134 valence electrons. The van der Waals surface area contributed by atoms with E-state index in [9.17, 15) is 0 Å². The van der Waals surface area contributed by atoms with E-state index >= 15 is 0 Å². The van der Waals surface area contributed by atoms with E-state index in [1.807, 2.05) is 11.3 Å². The molecule has 0 atom stereocenters. The number of thiophene rings is 1. The fraction of sp³-hybridized carbons (Fsp3) is 0.120. The molecule has 7 rings (SSSR count). The number of hydrogen-bond acceptors (Lipinski definition) is 1. The molecular weight excluding hydrogens is 425 g/mol. The molecule has 3 aromatic heterocycles. The van der Waals surface area contributed by atoms with E-state index in [1.165, 1.54) is 65.8 Å². The summed E-state index contributed by atoms with van der Waals surface area (Å²) in [6, 6.07) is 18.6. The third-order valence-corrected chi connectivity index (χ3v) is 9.96. The minimum atomic E-state index is 0.497. The van der Waals surface area contributed by atoms with Crippen molar-refractivity contribution in [2.24, 2.45) is 7.05 Å². The molecule has 6 aromatic rings. The maximum atomic E-state index is 2.48. The van der Waals surface area contributed by atoms with Crippen molar-refractivity contribution in [3.8, 4) is 0 Å². The summed E-state index contributed by atoms with van der Waals surface area (Å²) in [5.41, 5.74) is 4.24. The van der Waals surface area contributed by atoms with E-state index < -0.39 is 0 Å². The first-order valence-electron chi connectivity index (χ1n) is 9.73. The minimum absolute atomic E-state index is 0.497. The average molecular weight is 442 g/mol. The Balaban J connectivity index is 1.66. The molecular formula is C25H17NSSe. The van der Waals surface area contributed by atoms with Gasteiger partial charge in [-0.15, -0.1) is 0 Å². The summed E-state index contributed by atoms with van der Waals surface area (Å²) in [6.45, 7) is 0. The summed E-state index contributed by atoms with van der Waals surface area (Å²) in [4.78, 5) is 0. The number of hydrogen-bond donors (Lipinski definition) is 0. The van der Waals surface area contributed by atoms with Crippen molar-refractivity contribution in [1.82, 2.24) is 4.57 Å². The standard InChI is InChI=1S/C25H17NSSe/c1-26-20-12-23-18(14-6-2-4-8-22(14)27-23)10-16(20)17-11-19-15-7-3-5-9-24(15)28-25(19)13-21(17)26/h2-4,6-8,10-13H,5,9H2,1H3. The van der Waals surface area contributed by atoms with Gasteiger partial charge in [0.05, 0.1) is 0 Å². The molecule has 3 heterocycles. The molecule has 3 heteroatoms. The molecule has 1 aliphatic carbocycles. The van der Waals surface area contributed by atoms with Gasteiger partial charge in [-0.2, -0.15) is 0 Å². The zero-order valence-electron chi connectivity index (χ0n) is 15.5. The van der Waals surface area contributed by atoms with Crippen LogP contribution >= 0.6 is 11.3 Å². The van der Waals surface area contributed by atoms with E-state index in [2.05, 4.69) is 72.3 Å². The van der Waals surface area contributed by atoms with Crippen LogP contribution in [0.15, 0.2) is 54.6 Å². The zero-order chi connectivity index (χ0) is 18.4. The summed E-state index contributed by atoms with van der Waals surface area (Å²) < 4.78 is 8.42. The molecule has 0 saturated heterocycles. The van der Waals surface area contributed by atoms with E-state index in [-0.39, 0.29) is 0 Å². The summed E-state index contributed by atoms with van der Waals surface area (Å²) >= 11 is 2.40. The molecule has 0 aliphatic heterocycles. The van der Waals surface area contributed by atoms with Gasteiger partial charge in [-0.25, -0.2) is 0 Å². The number of fused-ring (bicyclic) bond motifs is 9. The quantitative estimate of drug-likeness (QED) is 0.226. The van der Waals surface area contributed by atoms with E-state index in [0.29, 0.717) is 14.5 Å². The molecule has 0 amide bonds. The summed E-state index contributed by atoms with van der Waals surface area (Å²) in [6.07, 6.45) is 7.17. The molecule has 1 nitrogen and oxygen atoms in total. The van der Waals surface area contributed by atoms with Gasteiger partial charge in [-0.05, 0) is 0 Å². The number of aromatic nitrogens is 1. The Hall–Kier alpha value is -2.32.